The molecule has 2 aromatic carbocycles. The Balaban J connectivity index is 1.36. The van der Waals surface area contributed by atoms with Crippen molar-refractivity contribution in [3.05, 3.63) is 63.7 Å². The number of aryl methyl sites for hydroxylation is 1. The van der Waals surface area contributed by atoms with Crippen LogP contribution in [0.4, 0.5) is 5.69 Å². The summed E-state index contributed by atoms with van der Waals surface area (Å²) in [4.78, 5) is 20.1. The van der Waals surface area contributed by atoms with Gasteiger partial charge < -0.3 is 9.80 Å². The summed E-state index contributed by atoms with van der Waals surface area (Å²) < 4.78 is 0. The van der Waals surface area contributed by atoms with E-state index in [4.69, 9.17) is 11.6 Å². The maximum absolute atomic E-state index is 13.0. The van der Waals surface area contributed by atoms with Gasteiger partial charge in [-0.1, -0.05) is 23.7 Å². The van der Waals surface area contributed by atoms with Gasteiger partial charge in [-0.2, -0.15) is 0 Å². The molecule has 4 nitrogen and oxygen atoms in total. The van der Waals surface area contributed by atoms with Crippen molar-refractivity contribution >= 4 is 23.2 Å². The molecule has 2 aromatic rings. The molecule has 1 atom stereocenters. The minimum atomic E-state index is 0.148. The Labute approximate surface area is 171 Å². The van der Waals surface area contributed by atoms with Gasteiger partial charge in [0.2, 0.25) is 0 Å². The van der Waals surface area contributed by atoms with Crippen molar-refractivity contribution < 1.29 is 4.79 Å². The number of carbonyl (C=O) groups is 1. The van der Waals surface area contributed by atoms with Gasteiger partial charge in [-0.05, 0) is 67.3 Å². The standard InChI is InChI=1S/C23H26ClN3O/c1-16-11-21(26-10-9-25-8-2-3-20(25)15-26)12-18-14-27(23(28)22(16)18)13-17-4-6-19(24)7-5-17/h4-7,11-12,20H,2-3,8-10,13-15H2,1H3. The highest BCUT2D eigenvalue weighted by Gasteiger charge is 2.33. The third kappa shape index (κ3) is 3.19. The number of halogens is 1. The van der Waals surface area contributed by atoms with E-state index in [0.29, 0.717) is 19.1 Å². The van der Waals surface area contributed by atoms with E-state index in [0.717, 1.165) is 41.3 Å². The van der Waals surface area contributed by atoms with E-state index in [-0.39, 0.29) is 5.91 Å². The fourth-order valence-electron chi connectivity index (χ4n) is 5.05. The van der Waals surface area contributed by atoms with Gasteiger partial charge >= 0.3 is 0 Å². The molecule has 5 heteroatoms. The second-order valence-corrected chi connectivity index (χ2v) is 8.80. The molecular formula is C23H26ClN3O. The number of anilines is 1. The Kier molecular flexibility index (Phi) is 4.56. The molecule has 2 fully saturated rings. The van der Waals surface area contributed by atoms with Crippen LogP contribution in [0.3, 0.4) is 0 Å². The van der Waals surface area contributed by atoms with Gasteiger partial charge in [-0.3, -0.25) is 9.69 Å². The molecule has 3 aliphatic rings. The van der Waals surface area contributed by atoms with E-state index in [1.165, 1.54) is 30.6 Å². The largest absolute Gasteiger partial charge is 0.369 e. The number of carbonyl (C=O) groups excluding carboxylic acids is 1. The van der Waals surface area contributed by atoms with Crippen molar-refractivity contribution in [2.45, 2.75) is 38.9 Å². The van der Waals surface area contributed by atoms with Crippen LogP contribution in [0, 0.1) is 6.92 Å². The number of hydrogen-bond acceptors (Lipinski definition) is 3. The molecule has 0 radical (unpaired) electrons. The van der Waals surface area contributed by atoms with Gasteiger partial charge in [0.05, 0.1) is 0 Å². The molecule has 0 bridgehead atoms. The predicted octanol–water partition coefficient (Wildman–Crippen LogP) is 4.09. The molecule has 0 spiro atoms. The number of benzene rings is 2. The summed E-state index contributed by atoms with van der Waals surface area (Å²) >= 11 is 5.99. The summed E-state index contributed by atoms with van der Waals surface area (Å²) in [5.74, 6) is 0.148. The lowest BCUT2D eigenvalue weighted by Crippen LogP contribution is -2.50. The van der Waals surface area contributed by atoms with Crippen LogP contribution in [0.5, 0.6) is 0 Å². The summed E-state index contributed by atoms with van der Waals surface area (Å²) in [5.41, 5.74) is 5.56. The Morgan fingerprint density at radius 2 is 1.93 bits per heavy atom. The van der Waals surface area contributed by atoms with Crippen molar-refractivity contribution in [3.8, 4) is 0 Å². The van der Waals surface area contributed by atoms with E-state index in [1.54, 1.807) is 0 Å². The van der Waals surface area contributed by atoms with E-state index in [2.05, 4.69) is 28.9 Å². The first-order valence-corrected chi connectivity index (χ1v) is 10.6. The van der Waals surface area contributed by atoms with Crippen LogP contribution in [0.1, 0.15) is 39.9 Å². The maximum atomic E-state index is 13.0. The maximum Gasteiger partial charge on any atom is 0.255 e. The normalized spacial score (nSPS) is 21.9. The molecule has 1 amide bonds. The predicted molar refractivity (Wildman–Crippen MR) is 113 cm³/mol. The molecule has 0 N–H and O–H groups in total. The highest BCUT2D eigenvalue weighted by Crippen LogP contribution is 2.33. The zero-order chi connectivity index (χ0) is 19.3. The zero-order valence-corrected chi connectivity index (χ0v) is 17.1. The zero-order valence-electron chi connectivity index (χ0n) is 16.3. The van der Waals surface area contributed by atoms with Gasteiger partial charge in [0.1, 0.15) is 0 Å². The molecule has 3 aliphatic heterocycles. The lowest BCUT2D eigenvalue weighted by molar-refractivity contribution is 0.0766. The third-order valence-corrected chi connectivity index (χ3v) is 6.76. The summed E-state index contributed by atoms with van der Waals surface area (Å²) in [5, 5.41) is 0.725. The molecule has 146 valence electrons. The van der Waals surface area contributed by atoms with Crippen LogP contribution < -0.4 is 4.90 Å². The number of hydrogen-bond donors (Lipinski definition) is 0. The molecule has 1 unspecified atom stereocenters. The second-order valence-electron chi connectivity index (χ2n) is 8.36. The number of nitrogens with zero attached hydrogens (tertiary/aromatic N) is 3. The number of piperazine rings is 1. The van der Waals surface area contributed by atoms with Crippen LogP contribution in [0.25, 0.3) is 0 Å². The fourth-order valence-corrected chi connectivity index (χ4v) is 5.18. The fraction of sp³-hybridized carbons (Fsp3) is 0.435. The van der Waals surface area contributed by atoms with Crippen molar-refractivity contribution in [3.63, 3.8) is 0 Å². The highest BCUT2D eigenvalue weighted by molar-refractivity contribution is 6.30. The minimum Gasteiger partial charge on any atom is -0.369 e. The monoisotopic (exact) mass is 395 g/mol. The van der Waals surface area contributed by atoms with Gasteiger partial charge in [-0.25, -0.2) is 0 Å². The van der Waals surface area contributed by atoms with Gasteiger partial charge in [0.15, 0.2) is 0 Å². The van der Waals surface area contributed by atoms with Crippen LogP contribution in [-0.2, 0) is 13.1 Å². The first-order valence-electron chi connectivity index (χ1n) is 10.2. The van der Waals surface area contributed by atoms with Crippen molar-refractivity contribution in [1.29, 1.82) is 0 Å². The van der Waals surface area contributed by atoms with Crippen LogP contribution >= 0.6 is 11.6 Å². The average molecular weight is 396 g/mol. The smallest absolute Gasteiger partial charge is 0.255 e. The number of amides is 1. The van der Waals surface area contributed by atoms with E-state index in [1.807, 2.05) is 29.2 Å². The van der Waals surface area contributed by atoms with Crippen molar-refractivity contribution in [2.75, 3.05) is 31.1 Å². The summed E-state index contributed by atoms with van der Waals surface area (Å²) in [7, 11) is 0. The third-order valence-electron chi connectivity index (χ3n) is 6.50. The Morgan fingerprint density at radius 1 is 1.11 bits per heavy atom. The SMILES string of the molecule is Cc1cc(N2CCN3CCCC3C2)cc2c1C(=O)N(Cc1ccc(Cl)cc1)C2. The Bertz CT molecular complexity index is 911. The molecule has 2 saturated heterocycles. The van der Waals surface area contributed by atoms with E-state index in [9.17, 15) is 4.79 Å². The minimum absolute atomic E-state index is 0.148. The molecule has 0 aliphatic carbocycles. The van der Waals surface area contributed by atoms with Gasteiger partial charge in [0.25, 0.3) is 5.91 Å². The van der Waals surface area contributed by atoms with Crippen LogP contribution in [0.15, 0.2) is 36.4 Å². The Hall–Kier alpha value is -2.04. The lowest BCUT2D eigenvalue weighted by Gasteiger charge is -2.39. The van der Waals surface area contributed by atoms with E-state index >= 15 is 0 Å². The molecule has 0 aromatic heterocycles. The quantitative estimate of drug-likeness (QED) is 0.783. The van der Waals surface area contributed by atoms with Crippen LogP contribution in [-0.4, -0.2) is 47.9 Å². The highest BCUT2D eigenvalue weighted by atomic mass is 35.5. The second kappa shape index (κ2) is 7.09. The summed E-state index contributed by atoms with van der Waals surface area (Å²) in [6.45, 7) is 8.00. The van der Waals surface area contributed by atoms with Crippen molar-refractivity contribution in [2.24, 2.45) is 0 Å². The molecule has 5 rings (SSSR count). The number of fused-ring (bicyclic) bond motifs is 2. The summed E-state index contributed by atoms with van der Waals surface area (Å²) in [6, 6.07) is 12.9. The number of rotatable bonds is 3. The Morgan fingerprint density at radius 3 is 2.75 bits per heavy atom. The molecular weight excluding hydrogens is 370 g/mol. The first-order chi connectivity index (χ1) is 13.6. The molecule has 3 heterocycles. The average Bonchev–Trinajstić information content (AvgIpc) is 3.28. The topological polar surface area (TPSA) is 26.8 Å². The van der Waals surface area contributed by atoms with Gasteiger partial charge in [-0.15, -0.1) is 0 Å². The van der Waals surface area contributed by atoms with E-state index < -0.39 is 0 Å². The van der Waals surface area contributed by atoms with Crippen LogP contribution in [0.2, 0.25) is 5.02 Å². The summed E-state index contributed by atoms with van der Waals surface area (Å²) in [6.07, 6.45) is 2.64. The van der Waals surface area contributed by atoms with Crippen molar-refractivity contribution in [1.82, 2.24) is 9.80 Å². The molecule has 0 saturated carbocycles. The first kappa shape index (κ1) is 18.0. The molecule has 28 heavy (non-hydrogen) atoms. The lowest BCUT2D eigenvalue weighted by atomic mass is 10.0. The van der Waals surface area contributed by atoms with Gasteiger partial charge in [0, 0.05) is 55.0 Å².